The quantitative estimate of drug-likeness (QED) is 0.727. The van der Waals surface area contributed by atoms with Crippen molar-refractivity contribution in [2.45, 2.75) is 32.4 Å². The summed E-state index contributed by atoms with van der Waals surface area (Å²) in [6.07, 6.45) is 0.480. The molecule has 3 atom stereocenters. The second-order valence-corrected chi connectivity index (χ2v) is 6.00. The Labute approximate surface area is 155 Å². The first-order valence-corrected chi connectivity index (χ1v) is 8.24. The molecule has 2 N–H and O–H groups in total. The summed E-state index contributed by atoms with van der Waals surface area (Å²) < 4.78 is 11.4. The fourth-order valence-electron chi connectivity index (χ4n) is 2.38. The topological polar surface area (TPSA) is 61.6 Å². The monoisotopic (exact) mass is 363 g/mol. The summed E-state index contributed by atoms with van der Waals surface area (Å²) in [5, 5.41) is 0. The zero-order chi connectivity index (χ0) is 17.4. The number of hydrogen-bond donors (Lipinski definition) is 1. The minimum Gasteiger partial charge on any atom is -0.493 e. The molecule has 2 aromatic carbocycles. The van der Waals surface area contributed by atoms with Crippen LogP contribution in [-0.4, -0.2) is 24.7 Å². The lowest BCUT2D eigenvalue weighted by Crippen LogP contribution is -2.36. The van der Waals surface area contributed by atoms with E-state index >= 15 is 0 Å². The molecule has 25 heavy (non-hydrogen) atoms. The van der Waals surface area contributed by atoms with Crippen LogP contribution in [0.25, 0.3) is 0 Å². The predicted molar refractivity (Wildman–Crippen MR) is 102 cm³/mol. The van der Waals surface area contributed by atoms with E-state index in [0.717, 1.165) is 12.2 Å². The molecule has 0 aromatic heterocycles. The maximum absolute atomic E-state index is 11.8. The highest BCUT2D eigenvalue weighted by Crippen LogP contribution is 2.18. The normalized spacial score (nSPS) is 13.9. The van der Waals surface area contributed by atoms with Gasteiger partial charge in [-0.15, -0.1) is 12.4 Å². The first kappa shape index (κ1) is 21.0. The van der Waals surface area contributed by atoms with E-state index in [2.05, 4.69) is 12.1 Å². The number of carbonyl (C=O) groups is 1. The smallest absolute Gasteiger partial charge is 0.322 e. The van der Waals surface area contributed by atoms with Gasteiger partial charge in [0.1, 0.15) is 17.9 Å². The number of hydrogen-bond acceptors (Lipinski definition) is 4. The SMILES string of the molecule is C[C@H](N)C(=O)O[C@@H](C)[C@@H](COc1ccccc1)Cc1ccccc1.Cl. The van der Waals surface area contributed by atoms with Crippen molar-refractivity contribution in [1.82, 2.24) is 0 Å². The van der Waals surface area contributed by atoms with E-state index in [1.807, 2.05) is 55.5 Å². The van der Waals surface area contributed by atoms with Gasteiger partial charge in [-0.05, 0) is 38.0 Å². The van der Waals surface area contributed by atoms with Crippen LogP contribution in [-0.2, 0) is 16.0 Å². The van der Waals surface area contributed by atoms with Gasteiger partial charge >= 0.3 is 5.97 Å². The van der Waals surface area contributed by atoms with Gasteiger partial charge in [0, 0.05) is 5.92 Å². The van der Waals surface area contributed by atoms with Crippen molar-refractivity contribution in [2.24, 2.45) is 11.7 Å². The van der Waals surface area contributed by atoms with E-state index in [1.165, 1.54) is 5.56 Å². The van der Waals surface area contributed by atoms with Crippen LogP contribution in [0.5, 0.6) is 5.75 Å². The third kappa shape index (κ3) is 7.16. The Morgan fingerprint density at radius 2 is 1.56 bits per heavy atom. The van der Waals surface area contributed by atoms with Gasteiger partial charge in [0.05, 0.1) is 6.61 Å². The highest BCUT2D eigenvalue weighted by atomic mass is 35.5. The van der Waals surface area contributed by atoms with Gasteiger partial charge < -0.3 is 15.2 Å². The minimum atomic E-state index is -0.625. The third-order valence-corrected chi connectivity index (χ3v) is 3.89. The van der Waals surface area contributed by atoms with Crippen molar-refractivity contribution >= 4 is 18.4 Å². The predicted octanol–water partition coefficient (Wildman–Crippen LogP) is 3.63. The second-order valence-electron chi connectivity index (χ2n) is 6.00. The highest BCUT2D eigenvalue weighted by molar-refractivity contribution is 5.85. The molecule has 0 spiro atoms. The first-order valence-electron chi connectivity index (χ1n) is 8.24. The molecule has 0 heterocycles. The number of halogens is 1. The lowest BCUT2D eigenvalue weighted by atomic mass is 9.95. The van der Waals surface area contributed by atoms with E-state index < -0.39 is 6.04 Å². The molecule has 0 aliphatic carbocycles. The van der Waals surface area contributed by atoms with Gasteiger partial charge in [-0.25, -0.2) is 0 Å². The van der Waals surface area contributed by atoms with Gasteiger partial charge in [0.15, 0.2) is 0 Å². The van der Waals surface area contributed by atoms with Crippen molar-refractivity contribution in [2.75, 3.05) is 6.61 Å². The summed E-state index contributed by atoms with van der Waals surface area (Å²) in [6.45, 7) is 3.98. The number of rotatable bonds is 8. The van der Waals surface area contributed by atoms with Crippen LogP contribution < -0.4 is 10.5 Å². The Hall–Kier alpha value is -2.04. The van der Waals surface area contributed by atoms with Crippen molar-refractivity contribution in [1.29, 1.82) is 0 Å². The number of esters is 1. The lowest BCUT2D eigenvalue weighted by molar-refractivity contribution is -0.152. The zero-order valence-corrected chi connectivity index (χ0v) is 15.4. The molecule has 136 valence electrons. The van der Waals surface area contributed by atoms with E-state index in [0.29, 0.717) is 6.61 Å². The Kier molecular flexibility index (Phi) is 9.03. The fraction of sp³-hybridized carbons (Fsp3) is 0.350. The molecular formula is C20H26ClNO3. The van der Waals surface area contributed by atoms with Gasteiger partial charge in [0.25, 0.3) is 0 Å². The van der Waals surface area contributed by atoms with E-state index in [9.17, 15) is 4.79 Å². The van der Waals surface area contributed by atoms with Crippen molar-refractivity contribution in [3.05, 3.63) is 66.2 Å². The van der Waals surface area contributed by atoms with Crippen LogP contribution in [0.2, 0.25) is 0 Å². The molecule has 4 nitrogen and oxygen atoms in total. The number of para-hydroxylation sites is 1. The Morgan fingerprint density at radius 3 is 2.12 bits per heavy atom. The fourth-order valence-corrected chi connectivity index (χ4v) is 2.38. The molecular weight excluding hydrogens is 338 g/mol. The number of nitrogens with two attached hydrogens (primary N) is 1. The molecule has 0 saturated heterocycles. The molecule has 0 amide bonds. The summed E-state index contributed by atoms with van der Waals surface area (Å²) in [4.78, 5) is 11.8. The van der Waals surface area contributed by atoms with Gasteiger partial charge in [0.2, 0.25) is 0 Å². The highest BCUT2D eigenvalue weighted by Gasteiger charge is 2.23. The molecule has 5 heteroatoms. The maximum Gasteiger partial charge on any atom is 0.322 e. The van der Waals surface area contributed by atoms with E-state index in [1.54, 1.807) is 6.92 Å². The van der Waals surface area contributed by atoms with Crippen molar-refractivity contribution < 1.29 is 14.3 Å². The molecule has 0 aliphatic heterocycles. The van der Waals surface area contributed by atoms with Gasteiger partial charge in [-0.2, -0.15) is 0 Å². The van der Waals surface area contributed by atoms with E-state index in [-0.39, 0.29) is 30.4 Å². The van der Waals surface area contributed by atoms with Gasteiger partial charge in [-0.3, -0.25) is 4.79 Å². The number of carbonyl (C=O) groups excluding carboxylic acids is 1. The average Bonchev–Trinajstić information content (AvgIpc) is 2.60. The Bertz CT molecular complexity index is 619. The second kappa shape index (κ2) is 10.7. The first-order chi connectivity index (χ1) is 11.6. The summed E-state index contributed by atoms with van der Waals surface area (Å²) >= 11 is 0. The lowest BCUT2D eigenvalue weighted by Gasteiger charge is -2.25. The summed E-state index contributed by atoms with van der Waals surface area (Å²) in [5.74, 6) is 0.455. The zero-order valence-electron chi connectivity index (χ0n) is 14.6. The van der Waals surface area contributed by atoms with Crippen LogP contribution in [0.3, 0.4) is 0 Å². The van der Waals surface area contributed by atoms with Crippen molar-refractivity contribution in [3.63, 3.8) is 0 Å². The Balaban J connectivity index is 0.00000312. The van der Waals surface area contributed by atoms with Crippen LogP contribution in [0.15, 0.2) is 60.7 Å². The molecule has 0 aliphatic rings. The van der Waals surface area contributed by atoms with Crippen molar-refractivity contribution in [3.8, 4) is 5.75 Å². The summed E-state index contributed by atoms with van der Waals surface area (Å²) in [5.41, 5.74) is 6.78. The molecule has 0 bridgehead atoms. The number of benzene rings is 2. The average molecular weight is 364 g/mol. The summed E-state index contributed by atoms with van der Waals surface area (Å²) in [7, 11) is 0. The molecule has 2 rings (SSSR count). The largest absolute Gasteiger partial charge is 0.493 e. The van der Waals surface area contributed by atoms with E-state index in [4.69, 9.17) is 15.2 Å². The third-order valence-electron chi connectivity index (χ3n) is 3.89. The van der Waals surface area contributed by atoms with Crippen LogP contribution in [0, 0.1) is 5.92 Å². The van der Waals surface area contributed by atoms with Crippen LogP contribution in [0.1, 0.15) is 19.4 Å². The van der Waals surface area contributed by atoms with Crippen LogP contribution >= 0.6 is 12.4 Å². The standard InChI is InChI=1S/C20H25NO3.ClH/c1-15(21)20(22)24-16(2)18(13-17-9-5-3-6-10-17)14-23-19-11-7-4-8-12-19;/h3-12,15-16,18H,13-14,21H2,1-2H3;1H/t15-,16-,18+;/m0./s1. The minimum absolute atomic E-state index is 0. The van der Waals surface area contributed by atoms with Crippen LogP contribution in [0.4, 0.5) is 0 Å². The molecule has 0 radical (unpaired) electrons. The molecule has 0 saturated carbocycles. The summed E-state index contributed by atoms with van der Waals surface area (Å²) in [6, 6.07) is 19.1. The molecule has 0 unspecified atom stereocenters. The molecule has 0 fully saturated rings. The number of ether oxygens (including phenoxy) is 2. The maximum atomic E-state index is 11.8. The molecule has 2 aromatic rings. The Morgan fingerprint density at radius 1 is 1.00 bits per heavy atom. The van der Waals surface area contributed by atoms with Gasteiger partial charge in [-0.1, -0.05) is 48.5 Å².